The van der Waals surface area contributed by atoms with Gasteiger partial charge < -0.3 is 14.2 Å². The third-order valence-electron chi connectivity index (χ3n) is 5.56. The average Bonchev–Trinajstić information content (AvgIpc) is 2.79. The molecule has 1 aliphatic rings. The number of rotatable bonds is 8. The molecule has 0 radical (unpaired) electrons. The molecule has 0 aromatic heterocycles. The quantitative estimate of drug-likeness (QED) is 0.440. The smallest absolute Gasteiger partial charge is 0.127 e. The predicted octanol–water partition coefficient (Wildman–Crippen LogP) is 6.15. The highest BCUT2D eigenvalue weighted by Gasteiger charge is 2.22. The second-order valence-corrected chi connectivity index (χ2v) is 8.03. The maximum Gasteiger partial charge on any atom is 0.127 e. The molecule has 4 heteroatoms. The molecule has 3 aromatic rings. The summed E-state index contributed by atoms with van der Waals surface area (Å²) in [5.41, 5.74) is 3.54. The standard InChI is InChI=1S/C27H31NO3/c1-3-14-28-15-16-29-27(19-28)26-13-12-24(17-21(26)2)30-20-22-8-7-11-25(18-22)31-23-9-5-4-6-10-23/h4-13,17-18,27H,3,14-16,19-20H2,1-2H3. The molecule has 0 aliphatic carbocycles. The van der Waals surface area contributed by atoms with Crippen LogP contribution in [0.5, 0.6) is 17.2 Å². The van der Waals surface area contributed by atoms with Crippen LogP contribution in [0.1, 0.15) is 36.1 Å². The lowest BCUT2D eigenvalue weighted by atomic mass is 10.0. The molecule has 0 spiro atoms. The molecular weight excluding hydrogens is 386 g/mol. The zero-order chi connectivity index (χ0) is 21.5. The van der Waals surface area contributed by atoms with E-state index < -0.39 is 0 Å². The molecule has 4 nitrogen and oxygen atoms in total. The summed E-state index contributed by atoms with van der Waals surface area (Å²) in [5, 5.41) is 0. The molecule has 4 rings (SSSR count). The van der Waals surface area contributed by atoms with Gasteiger partial charge in [0.05, 0.1) is 12.7 Å². The van der Waals surface area contributed by atoms with Crippen molar-refractivity contribution in [3.63, 3.8) is 0 Å². The van der Waals surface area contributed by atoms with Crippen molar-refractivity contribution in [2.45, 2.75) is 33.0 Å². The molecule has 1 aliphatic heterocycles. The monoisotopic (exact) mass is 417 g/mol. The molecule has 31 heavy (non-hydrogen) atoms. The second-order valence-electron chi connectivity index (χ2n) is 8.03. The fourth-order valence-corrected chi connectivity index (χ4v) is 4.00. The van der Waals surface area contributed by atoms with E-state index >= 15 is 0 Å². The van der Waals surface area contributed by atoms with E-state index in [-0.39, 0.29) is 6.10 Å². The maximum atomic E-state index is 6.07. The Morgan fingerprint density at radius 1 is 0.935 bits per heavy atom. The van der Waals surface area contributed by atoms with E-state index in [1.54, 1.807) is 0 Å². The van der Waals surface area contributed by atoms with Crippen LogP contribution in [0.3, 0.4) is 0 Å². The molecule has 1 unspecified atom stereocenters. The highest BCUT2D eigenvalue weighted by Crippen LogP contribution is 2.29. The Hall–Kier alpha value is -2.82. The topological polar surface area (TPSA) is 30.9 Å². The molecular formula is C27H31NO3. The molecule has 0 amide bonds. The highest BCUT2D eigenvalue weighted by molar-refractivity contribution is 5.37. The van der Waals surface area contributed by atoms with Gasteiger partial charge in [0.1, 0.15) is 23.9 Å². The van der Waals surface area contributed by atoms with Gasteiger partial charge in [0, 0.05) is 13.1 Å². The number of aryl methyl sites for hydroxylation is 1. The minimum atomic E-state index is 0.140. The summed E-state index contributed by atoms with van der Waals surface area (Å²) in [6.45, 7) is 8.77. The van der Waals surface area contributed by atoms with Gasteiger partial charge >= 0.3 is 0 Å². The molecule has 1 saturated heterocycles. The number of hydrogen-bond acceptors (Lipinski definition) is 4. The minimum Gasteiger partial charge on any atom is -0.489 e. The van der Waals surface area contributed by atoms with Gasteiger partial charge in [-0.3, -0.25) is 4.90 Å². The molecule has 0 bridgehead atoms. The van der Waals surface area contributed by atoms with Gasteiger partial charge in [-0.15, -0.1) is 0 Å². The van der Waals surface area contributed by atoms with Gasteiger partial charge in [0.15, 0.2) is 0 Å². The van der Waals surface area contributed by atoms with Crippen LogP contribution >= 0.6 is 0 Å². The Morgan fingerprint density at radius 2 is 1.77 bits per heavy atom. The summed E-state index contributed by atoms with van der Waals surface area (Å²) >= 11 is 0. The molecule has 1 heterocycles. The largest absolute Gasteiger partial charge is 0.489 e. The number of morpholine rings is 1. The lowest BCUT2D eigenvalue weighted by molar-refractivity contribution is -0.0301. The summed E-state index contributed by atoms with van der Waals surface area (Å²) in [6.07, 6.45) is 1.32. The lowest BCUT2D eigenvalue weighted by Gasteiger charge is -2.33. The van der Waals surface area contributed by atoms with E-state index in [0.717, 1.165) is 49.1 Å². The first-order valence-electron chi connectivity index (χ1n) is 11.1. The summed E-state index contributed by atoms with van der Waals surface area (Å²) in [7, 11) is 0. The molecule has 3 aromatic carbocycles. The van der Waals surface area contributed by atoms with E-state index in [2.05, 4.69) is 43.0 Å². The van der Waals surface area contributed by atoms with Crippen molar-refractivity contribution >= 4 is 0 Å². The fraction of sp³-hybridized carbons (Fsp3) is 0.333. The van der Waals surface area contributed by atoms with Crippen LogP contribution < -0.4 is 9.47 Å². The normalized spacial score (nSPS) is 16.8. The zero-order valence-electron chi connectivity index (χ0n) is 18.4. The number of benzene rings is 3. The van der Waals surface area contributed by atoms with E-state index in [1.807, 2.05) is 48.5 Å². The second kappa shape index (κ2) is 10.5. The molecule has 1 fully saturated rings. The van der Waals surface area contributed by atoms with Crippen LogP contribution in [0.25, 0.3) is 0 Å². The summed E-state index contributed by atoms with van der Waals surface area (Å²) < 4.78 is 18.1. The van der Waals surface area contributed by atoms with Crippen molar-refractivity contribution in [1.82, 2.24) is 4.90 Å². The molecule has 0 N–H and O–H groups in total. The summed E-state index contributed by atoms with van der Waals surface area (Å²) in [5.74, 6) is 2.51. The van der Waals surface area contributed by atoms with Gasteiger partial charge in [0.2, 0.25) is 0 Å². The summed E-state index contributed by atoms with van der Waals surface area (Å²) in [6, 6.07) is 24.2. The van der Waals surface area contributed by atoms with E-state index in [1.165, 1.54) is 17.5 Å². The summed E-state index contributed by atoms with van der Waals surface area (Å²) in [4.78, 5) is 2.49. The number of para-hydroxylation sites is 1. The third-order valence-corrected chi connectivity index (χ3v) is 5.56. The third kappa shape index (κ3) is 5.87. The predicted molar refractivity (Wildman–Crippen MR) is 124 cm³/mol. The highest BCUT2D eigenvalue weighted by atomic mass is 16.5. The van der Waals surface area contributed by atoms with Gasteiger partial charge in [0.25, 0.3) is 0 Å². The van der Waals surface area contributed by atoms with Gasteiger partial charge in [-0.1, -0.05) is 43.3 Å². The van der Waals surface area contributed by atoms with Crippen molar-refractivity contribution in [1.29, 1.82) is 0 Å². The van der Waals surface area contributed by atoms with Crippen LogP contribution in [0.4, 0.5) is 0 Å². The molecule has 1 atom stereocenters. The minimum absolute atomic E-state index is 0.140. The molecule has 162 valence electrons. The van der Waals surface area contributed by atoms with Gasteiger partial charge in [-0.2, -0.15) is 0 Å². The van der Waals surface area contributed by atoms with E-state index in [9.17, 15) is 0 Å². The Labute approximate surface area is 185 Å². The first kappa shape index (κ1) is 21.4. The molecule has 0 saturated carbocycles. The fourth-order valence-electron chi connectivity index (χ4n) is 4.00. The van der Waals surface area contributed by atoms with Crippen LogP contribution in [0, 0.1) is 6.92 Å². The number of nitrogens with zero attached hydrogens (tertiary/aromatic N) is 1. The SMILES string of the molecule is CCCN1CCOC(c2ccc(OCc3cccc(Oc4ccccc4)c3)cc2C)C1. The first-order valence-corrected chi connectivity index (χ1v) is 11.1. The number of hydrogen-bond donors (Lipinski definition) is 0. The Bertz CT molecular complexity index is 971. The van der Waals surface area contributed by atoms with Crippen molar-refractivity contribution in [3.8, 4) is 17.2 Å². The van der Waals surface area contributed by atoms with Crippen molar-refractivity contribution in [2.24, 2.45) is 0 Å². The van der Waals surface area contributed by atoms with Crippen molar-refractivity contribution in [3.05, 3.63) is 89.5 Å². The van der Waals surface area contributed by atoms with Crippen LogP contribution in [0.2, 0.25) is 0 Å². The van der Waals surface area contributed by atoms with Gasteiger partial charge in [-0.25, -0.2) is 0 Å². The van der Waals surface area contributed by atoms with Crippen molar-refractivity contribution < 1.29 is 14.2 Å². The van der Waals surface area contributed by atoms with Gasteiger partial charge in [-0.05, 0) is 73.0 Å². The maximum absolute atomic E-state index is 6.07. The Morgan fingerprint density at radius 3 is 2.58 bits per heavy atom. The van der Waals surface area contributed by atoms with Crippen LogP contribution in [-0.4, -0.2) is 31.1 Å². The Kier molecular flexibility index (Phi) is 7.23. The number of ether oxygens (including phenoxy) is 3. The van der Waals surface area contributed by atoms with E-state index in [0.29, 0.717) is 6.61 Å². The Balaban J connectivity index is 1.37. The lowest BCUT2D eigenvalue weighted by Crippen LogP contribution is -2.38. The zero-order valence-corrected chi connectivity index (χ0v) is 18.4. The van der Waals surface area contributed by atoms with E-state index in [4.69, 9.17) is 14.2 Å². The first-order chi connectivity index (χ1) is 15.2. The van der Waals surface area contributed by atoms with Crippen LogP contribution in [0.15, 0.2) is 72.8 Å². The van der Waals surface area contributed by atoms with Crippen molar-refractivity contribution in [2.75, 3.05) is 26.2 Å². The average molecular weight is 418 g/mol. The van der Waals surface area contributed by atoms with Crippen LogP contribution in [-0.2, 0) is 11.3 Å².